The van der Waals surface area contributed by atoms with Crippen molar-refractivity contribution in [3.05, 3.63) is 31.4 Å². The van der Waals surface area contributed by atoms with Crippen LogP contribution in [0.2, 0.25) is 0 Å². The van der Waals surface area contributed by atoms with Gasteiger partial charge in [0.2, 0.25) is 5.75 Å². The molecular weight excluding hydrogens is 375 g/mol. The molecule has 0 radical (unpaired) electrons. The summed E-state index contributed by atoms with van der Waals surface area (Å²) in [5.41, 5.74) is -0.118. The summed E-state index contributed by atoms with van der Waals surface area (Å²) in [4.78, 5) is 22.1. The molecule has 0 aliphatic rings. The third-order valence-corrected chi connectivity index (χ3v) is 3.67. The third kappa shape index (κ3) is 3.90. The summed E-state index contributed by atoms with van der Waals surface area (Å²) in [7, 11) is 0. The van der Waals surface area contributed by atoms with Crippen LogP contribution in [-0.4, -0.2) is 17.3 Å². The summed E-state index contributed by atoms with van der Waals surface area (Å²) in [5.74, 6) is -0.224. The van der Waals surface area contributed by atoms with Gasteiger partial charge in [-0.3, -0.25) is 14.9 Å². The Hall–Kier alpha value is -1.69. The zero-order valence-electron chi connectivity index (χ0n) is 11.1. The number of nitriles is 1. The zero-order chi connectivity index (χ0) is 15.3. The lowest BCUT2D eigenvalue weighted by Gasteiger charge is -2.11. The normalized spacial score (nSPS) is 11.5. The van der Waals surface area contributed by atoms with Gasteiger partial charge in [-0.05, 0) is 35.1 Å². The van der Waals surface area contributed by atoms with Crippen molar-refractivity contribution in [3.8, 4) is 11.8 Å². The van der Waals surface area contributed by atoms with E-state index >= 15 is 0 Å². The molecule has 0 heterocycles. The predicted molar refractivity (Wildman–Crippen MR) is 80.5 cm³/mol. The molecule has 0 aromatic heterocycles. The van der Waals surface area contributed by atoms with E-state index in [0.29, 0.717) is 9.99 Å². The van der Waals surface area contributed by atoms with E-state index in [1.165, 1.54) is 6.07 Å². The maximum Gasteiger partial charge on any atom is 0.313 e. The van der Waals surface area contributed by atoms with Crippen molar-refractivity contribution in [1.29, 1.82) is 5.26 Å². The highest BCUT2D eigenvalue weighted by Gasteiger charge is 2.22. The summed E-state index contributed by atoms with van der Waals surface area (Å²) < 4.78 is 5.74. The van der Waals surface area contributed by atoms with E-state index in [9.17, 15) is 14.9 Å². The third-order valence-electron chi connectivity index (χ3n) is 2.87. The molecule has 0 bridgehead atoms. The molecule has 0 saturated heterocycles. The maximum atomic E-state index is 11.7. The first-order valence-electron chi connectivity index (χ1n) is 5.94. The molecule has 1 aromatic carbocycles. The van der Waals surface area contributed by atoms with E-state index in [2.05, 4.69) is 0 Å². The molecule has 0 saturated carbocycles. The van der Waals surface area contributed by atoms with Crippen LogP contribution >= 0.6 is 22.6 Å². The second-order valence-electron chi connectivity index (χ2n) is 4.24. The predicted octanol–water partition coefficient (Wildman–Crippen LogP) is 3.07. The number of hydrogen-bond acceptors (Lipinski definition) is 5. The molecule has 0 aliphatic heterocycles. The molecule has 1 unspecified atom stereocenters. The Labute approximate surface area is 130 Å². The highest BCUT2D eigenvalue weighted by molar-refractivity contribution is 14.1. The molecule has 0 fully saturated rings. The van der Waals surface area contributed by atoms with Crippen LogP contribution in [0.3, 0.4) is 0 Å². The topological polar surface area (TPSA) is 93.2 Å². The van der Waals surface area contributed by atoms with Crippen LogP contribution in [0.25, 0.3) is 0 Å². The van der Waals surface area contributed by atoms with E-state index in [4.69, 9.17) is 10.00 Å². The van der Waals surface area contributed by atoms with E-state index < -0.39 is 4.92 Å². The lowest BCUT2D eigenvalue weighted by Crippen LogP contribution is -2.19. The van der Waals surface area contributed by atoms with Crippen molar-refractivity contribution >= 4 is 34.1 Å². The smallest absolute Gasteiger partial charge is 0.313 e. The number of nitrogens with zero attached hydrogens (tertiary/aromatic N) is 2. The van der Waals surface area contributed by atoms with Gasteiger partial charge in [0, 0.05) is 12.0 Å². The van der Waals surface area contributed by atoms with Crippen molar-refractivity contribution in [2.45, 2.75) is 20.3 Å². The van der Waals surface area contributed by atoms with E-state index in [0.717, 1.165) is 6.07 Å². The SMILES string of the molecule is CCC(C)C(=O)COc1c(I)cc(C#N)cc1[N+](=O)[O-]. The monoisotopic (exact) mass is 388 g/mol. The van der Waals surface area contributed by atoms with Gasteiger partial charge in [0.05, 0.1) is 20.1 Å². The Kier molecular flexibility index (Phi) is 5.88. The van der Waals surface area contributed by atoms with Crippen LogP contribution in [0.5, 0.6) is 5.75 Å². The lowest BCUT2D eigenvalue weighted by molar-refractivity contribution is -0.385. The minimum Gasteiger partial charge on any atom is -0.478 e. The molecule has 0 spiro atoms. The first kappa shape index (κ1) is 16.4. The minimum atomic E-state index is -0.619. The van der Waals surface area contributed by atoms with Gasteiger partial charge in [-0.15, -0.1) is 0 Å². The maximum absolute atomic E-state index is 11.7. The first-order valence-corrected chi connectivity index (χ1v) is 7.02. The molecule has 106 valence electrons. The van der Waals surface area contributed by atoms with Gasteiger partial charge in [0.25, 0.3) is 0 Å². The summed E-state index contributed by atoms with van der Waals surface area (Å²) in [6.45, 7) is 3.46. The number of Topliss-reactive ketones (excluding diaryl/α,β-unsaturated/α-hetero) is 1. The van der Waals surface area contributed by atoms with Gasteiger partial charge >= 0.3 is 5.69 Å². The Morgan fingerprint density at radius 3 is 2.75 bits per heavy atom. The second-order valence-corrected chi connectivity index (χ2v) is 5.40. The Bertz CT molecular complexity index is 580. The van der Waals surface area contributed by atoms with E-state index in [1.807, 2.05) is 35.6 Å². The van der Waals surface area contributed by atoms with Crippen molar-refractivity contribution in [3.63, 3.8) is 0 Å². The molecule has 1 rings (SSSR count). The first-order chi connectivity index (χ1) is 9.40. The number of carbonyl (C=O) groups is 1. The molecular formula is C13H13IN2O4. The van der Waals surface area contributed by atoms with Crippen molar-refractivity contribution in [1.82, 2.24) is 0 Å². The summed E-state index contributed by atoms with van der Waals surface area (Å²) >= 11 is 1.85. The number of rotatable bonds is 6. The Morgan fingerprint density at radius 1 is 1.60 bits per heavy atom. The van der Waals surface area contributed by atoms with Gasteiger partial charge in [0.15, 0.2) is 5.78 Å². The number of nitro groups is 1. The Balaban J connectivity index is 3.03. The molecule has 20 heavy (non-hydrogen) atoms. The lowest BCUT2D eigenvalue weighted by atomic mass is 10.0. The van der Waals surface area contributed by atoms with E-state index in [1.54, 1.807) is 6.92 Å². The zero-order valence-corrected chi connectivity index (χ0v) is 13.2. The van der Waals surface area contributed by atoms with Gasteiger partial charge in [-0.1, -0.05) is 13.8 Å². The van der Waals surface area contributed by atoms with Crippen LogP contribution in [0.1, 0.15) is 25.8 Å². The quantitative estimate of drug-likeness (QED) is 0.424. The highest BCUT2D eigenvalue weighted by Crippen LogP contribution is 2.33. The van der Waals surface area contributed by atoms with Crippen LogP contribution in [0, 0.1) is 30.9 Å². The van der Waals surface area contributed by atoms with Crippen LogP contribution in [0.15, 0.2) is 12.1 Å². The molecule has 6 nitrogen and oxygen atoms in total. The highest BCUT2D eigenvalue weighted by atomic mass is 127. The Morgan fingerprint density at radius 2 is 2.25 bits per heavy atom. The fraction of sp³-hybridized carbons (Fsp3) is 0.385. The summed E-state index contributed by atoms with van der Waals surface area (Å²) in [5, 5.41) is 19.8. The number of ketones is 1. The van der Waals surface area contributed by atoms with Gasteiger partial charge < -0.3 is 4.74 Å². The molecule has 1 atom stereocenters. The van der Waals surface area contributed by atoms with Crippen molar-refractivity contribution in [2.75, 3.05) is 6.61 Å². The van der Waals surface area contributed by atoms with Crippen molar-refractivity contribution in [2.24, 2.45) is 5.92 Å². The van der Waals surface area contributed by atoms with Gasteiger partial charge in [-0.2, -0.15) is 5.26 Å². The number of hydrogen-bond donors (Lipinski definition) is 0. The number of carbonyl (C=O) groups excluding carboxylic acids is 1. The van der Waals surface area contributed by atoms with Crippen LogP contribution in [-0.2, 0) is 4.79 Å². The minimum absolute atomic E-state index is 0.0336. The largest absolute Gasteiger partial charge is 0.478 e. The van der Waals surface area contributed by atoms with Crippen LogP contribution < -0.4 is 4.74 Å². The fourth-order valence-corrected chi connectivity index (χ4v) is 2.20. The average Bonchev–Trinajstić information content (AvgIpc) is 2.43. The standard InChI is InChI=1S/C13H13IN2O4/c1-3-8(2)12(17)7-20-13-10(14)4-9(6-15)5-11(13)16(18)19/h4-5,8H,3,7H2,1-2H3. The molecule has 0 aliphatic carbocycles. The van der Waals surface area contributed by atoms with E-state index in [-0.39, 0.29) is 35.3 Å². The molecule has 0 N–H and O–H groups in total. The number of nitro benzene ring substituents is 1. The van der Waals surface area contributed by atoms with Crippen molar-refractivity contribution < 1.29 is 14.5 Å². The average molecular weight is 388 g/mol. The molecule has 7 heteroatoms. The molecule has 1 aromatic rings. The summed E-state index contributed by atoms with van der Waals surface area (Å²) in [6.07, 6.45) is 0.689. The van der Waals surface area contributed by atoms with Gasteiger partial charge in [-0.25, -0.2) is 0 Å². The number of ether oxygens (including phenoxy) is 1. The summed E-state index contributed by atoms with van der Waals surface area (Å²) in [6, 6.07) is 4.48. The van der Waals surface area contributed by atoms with Crippen LogP contribution in [0.4, 0.5) is 5.69 Å². The second kappa shape index (κ2) is 7.19. The number of halogens is 1. The van der Waals surface area contributed by atoms with Gasteiger partial charge in [0.1, 0.15) is 6.61 Å². The fourth-order valence-electron chi connectivity index (χ4n) is 1.44. The number of benzene rings is 1. The molecule has 0 amide bonds.